The minimum Gasteiger partial charge on any atom is -0.477 e. The van der Waals surface area contributed by atoms with Gasteiger partial charge in [0.25, 0.3) is 5.91 Å². The topological polar surface area (TPSA) is 42.0 Å². The molecule has 0 saturated carbocycles. The summed E-state index contributed by atoms with van der Waals surface area (Å²) in [6, 6.07) is 5.24. The maximum absolute atomic E-state index is 13.8. The van der Waals surface area contributed by atoms with Gasteiger partial charge in [0, 0.05) is 44.2 Å². The number of carbonyl (C=O) groups excluding carboxylic acids is 1. The molecule has 0 aromatic heterocycles. The lowest BCUT2D eigenvalue weighted by molar-refractivity contribution is -0.137. The Kier molecular flexibility index (Phi) is 4.18. The second-order valence-electron chi connectivity index (χ2n) is 6.97. The van der Waals surface area contributed by atoms with Gasteiger partial charge >= 0.3 is 0 Å². The summed E-state index contributed by atoms with van der Waals surface area (Å²) in [5.41, 5.74) is 0.783. The van der Waals surface area contributed by atoms with Crippen molar-refractivity contribution in [2.45, 2.75) is 25.5 Å². The first-order valence-electron chi connectivity index (χ1n) is 8.68. The third-order valence-corrected chi connectivity index (χ3v) is 5.39. The van der Waals surface area contributed by atoms with Crippen LogP contribution in [0.5, 0.6) is 5.75 Å². The summed E-state index contributed by atoms with van der Waals surface area (Å²) in [7, 11) is 0. The highest BCUT2D eigenvalue weighted by Crippen LogP contribution is 2.33. The lowest BCUT2D eigenvalue weighted by Gasteiger charge is -2.34. The summed E-state index contributed by atoms with van der Waals surface area (Å²) in [6.45, 7) is 7.02. The summed E-state index contributed by atoms with van der Waals surface area (Å²) < 4.78 is 24.9. The molecule has 0 N–H and O–H groups in total. The minimum atomic E-state index is -0.590. The first-order chi connectivity index (χ1) is 11.6. The van der Waals surface area contributed by atoms with Crippen molar-refractivity contribution >= 4 is 5.91 Å². The second kappa shape index (κ2) is 6.33. The van der Waals surface area contributed by atoms with Crippen molar-refractivity contribution in [3.05, 3.63) is 29.6 Å². The number of ether oxygens (including phenoxy) is 2. The highest BCUT2D eigenvalue weighted by Gasteiger charge is 2.41. The number of benzene rings is 1. The molecule has 130 valence electrons. The molecule has 6 heteroatoms. The van der Waals surface area contributed by atoms with Crippen LogP contribution in [-0.2, 0) is 16.0 Å². The van der Waals surface area contributed by atoms with E-state index in [-0.39, 0.29) is 17.5 Å². The number of nitrogens with zero attached hydrogens (tertiary/aromatic N) is 2. The van der Waals surface area contributed by atoms with Gasteiger partial charge in [-0.05, 0) is 12.0 Å². The van der Waals surface area contributed by atoms with E-state index in [1.807, 2.05) is 11.0 Å². The Bertz CT molecular complexity index is 633. The third kappa shape index (κ3) is 2.78. The predicted octanol–water partition coefficient (Wildman–Crippen LogP) is 1.31. The van der Waals surface area contributed by atoms with Crippen LogP contribution in [0.4, 0.5) is 4.39 Å². The zero-order chi connectivity index (χ0) is 16.7. The number of rotatable bonds is 2. The van der Waals surface area contributed by atoms with Crippen LogP contribution in [0.15, 0.2) is 18.2 Å². The number of para-hydroxylation sites is 1. The molecule has 4 rings (SSSR count). The normalized spacial score (nSPS) is 30.2. The fourth-order valence-electron chi connectivity index (χ4n) is 4.09. The number of likely N-dealkylation sites (tertiary alicyclic amines) is 1. The third-order valence-electron chi connectivity index (χ3n) is 5.39. The predicted molar refractivity (Wildman–Crippen MR) is 86.4 cm³/mol. The van der Waals surface area contributed by atoms with E-state index < -0.39 is 6.10 Å². The standard InChI is InChI=1S/C18H23FN2O3/c1-12-10-21(11-15(12)20-5-7-23-8-6-20)18(22)16-9-13-3-2-4-14(19)17(13)24-16/h2-4,12,15-16H,5-11H2,1H3/t12-,15+,16-/m1/s1. The molecule has 0 unspecified atom stereocenters. The summed E-state index contributed by atoms with van der Waals surface area (Å²) in [4.78, 5) is 17.1. The highest BCUT2D eigenvalue weighted by molar-refractivity contribution is 5.83. The van der Waals surface area contributed by atoms with E-state index in [9.17, 15) is 9.18 Å². The molecule has 2 saturated heterocycles. The molecule has 5 nitrogen and oxygen atoms in total. The van der Waals surface area contributed by atoms with Gasteiger partial charge in [0.2, 0.25) is 0 Å². The Morgan fingerprint density at radius 2 is 2.04 bits per heavy atom. The molecule has 0 bridgehead atoms. The summed E-state index contributed by atoms with van der Waals surface area (Å²) >= 11 is 0. The summed E-state index contributed by atoms with van der Waals surface area (Å²) in [5.74, 6) is 0.261. The molecule has 3 heterocycles. The van der Waals surface area contributed by atoms with Crippen molar-refractivity contribution in [2.75, 3.05) is 39.4 Å². The van der Waals surface area contributed by atoms with Crippen LogP contribution in [0.2, 0.25) is 0 Å². The lowest BCUT2D eigenvalue weighted by Crippen LogP contribution is -2.47. The minimum absolute atomic E-state index is 0.0202. The zero-order valence-electron chi connectivity index (χ0n) is 13.9. The Morgan fingerprint density at radius 3 is 2.79 bits per heavy atom. The van der Waals surface area contributed by atoms with Crippen LogP contribution in [-0.4, -0.2) is 67.2 Å². The molecule has 1 aromatic rings. The molecule has 0 radical (unpaired) electrons. The quantitative estimate of drug-likeness (QED) is 0.818. The molecule has 3 aliphatic rings. The number of hydrogen-bond donors (Lipinski definition) is 0. The monoisotopic (exact) mass is 334 g/mol. The average molecular weight is 334 g/mol. The van der Waals surface area contributed by atoms with Crippen molar-refractivity contribution in [1.29, 1.82) is 0 Å². The molecule has 24 heavy (non-hydrogen) atoms. The van der Waals surface area contributed by atoms with Gasteiger partial charge in [0.1, 0.15) is 0 Å². The smallest absolute Gasteiger partial charge is 0.264 e. The summed E-state index contributed by atoms with van der Waals surface area (Å²) in [5, 5.41) is 0. The molecule has 2 fully saturated rings. The Hall–Kier alpha value is -1.66. The highest BCUT2D eigenvalue weighted by atomic mass is 19.1. The van der Waals surface area contributed by atoms with Crippen molar-refractivity contribution in [3.8, 4) is 5.75 Å². The van der Waals surface area contributed by atoms with E-state index in [0.717, 1.165) is 45.0 Å². The molecular weight excluding hydrogens is 311 g/mol. The molecule has 3 aliphatic heterocycles. The van der Waals surface area contributed by atoms with Crippen molar-refractivity contribution < 1.29 is 18.7 Å². The number of amides is 1. The van der Waals surface area contributed by atoms with Crippen LogP contribution >= 0.6 is 0 Å². The largest absolute Gasteiger partial charge is 0.477 e. The van der Waals surface area contributed by atoms with Gasteiger partial charge < -0.3 is 14.4 Å². The number of carbonyl (C=O) groups is 1. The van der Waals surface area contributed by atoms with Gasteiger partial charge in [-0.15, -0.1) is 0 Å². The number of fused-ring (bicyclic) bond motifs is 1. The van der Waals surface area contributed by atoms with Gasteiger partial charge in [-0.25, -0.2) is 4.39 Å². The molecule has 0 spiro atoms. The molecule has 0 aliphatic carbocycles. The van der Waals surface area contributed by atoms with E-state index in [1.165, 1.54) is 6.07 Å². The van der Waals surface area contributed by atoms with Crippen LogP contribution in [0.1, 0.15) is 12.5 Å². The van der Waals surface area contributed by atoms with Crippen LogP contribution in [0, 0.1) is 11.7 Å². The molecular formula is C18H23FN2O3. The van der Waals surface area contributed by atoms with Crippen LogP contribution in [0.25, 0.3) is 0 Å². The lowest BCUT2D eigenvalue weighted by atomic mass is 10.0. The first-order valence-corrected chi connectivity index (χ1v) is 8.68. The van der Waals surface area contributed by atoms with Gasteiger partial charge in [-0.1, -0.05) is 19.1 Å². The Labute approximate surface area is 141 Å². The van der Waals surface area contributed by atoms with Gasteiger partial charge in [0.05, 0.1) is 13.2 Å². The SMILES string of the molecule is C[C@@H]1CN(C(=O)[C@H]2Cc3cccc(F)c3O2)C[C@@H]1N1CCOCC1. The number of halogens is 1. The Balaban J connectivity index is 1.42. The van der Waals surface area contributed by atoms with E-state index in [0.29, 0.717) is 18.4 Å². The first kappa shape index (κ1) is 15.8. The van der Waals surface area contributed by atoms with E-state index in [1.54, 1.807) is 6.07 Å². The fourth-order valence-corrected chi connectivity index (χ4v) is 4.09. The van der Waals surface area contributed by atoms with Gasteiger partial charge in [0.15, 0.2) is 17.7 Å². The maximum Gasteiger partial charge on any atom is 0.264 e. The van der Waals surface area contributed by atoms with E-state index in [2.05, 4.69) is 11.8 Å². The number of hydrogen-bond acceptors (Lipinski definition) is 4. The van der Waals surface area contributed by atoms with Crippen LogP contribution < -0.4 is 4.74 Å². The van der Waals surface area contributed by atoms with Crippen molar-refractivity contribution in [1.82, 2.24) is 9.80 Å². The van der Waals surface area contributed by atoms with E-state index >= 15 is 0 Å². The van der Waals surface area contributed by atoms with Crippen molar-refractivity contribution in [3.63, 3.8) is 0 Å². The maximum atomic E-state index is 13.8. The second-order valence-corrected chi connectivity index (χ2v) is 6.97. The molecule has 3 atom stereocenters. The fraction of sp³-hybridized carbons (Fsp3) is 0.611. The van der Waals surface area contributed by atoms with Crippen molar-refractivity contribution in [2.24, 2.45) is 5.92 Å². The average Bonchev–Trinajstić information content (AvgIpc) is 3.20. The molecule has 1 aromatic carbocycles. The molecule has 1 amide bonds. The number of morpholine rings is 1. The Morgan fingerprint density at radius 1 is 1.25 bits per heavy atom. The van der Waals surface area contributed by atoms with Gasteiger partial charge in [-0.2, -0.15) is 0 Å². The van der Waals surface area contributed by atoms with Crippen LogP contribution in [0.3, 0.4) is 0 Å². The summed E-state index contributed by atoms with van der Waals surface area (Å²) in [6.07, 6.45) is -0.133. The van der Waals surface area contributed by atoms with E-state index in [4.69, 9.17) is 9.47 Å². The zero-order valence-corrected chi connectivity index (χ0v) is 13.9. The van der Waals surface area contributed by atoms with Gasteiger partial charge in [-0.3, -0.25) is 9.69 Å².